The minimum absolute atomic E-state index is 0.119. The number of aryl methyl sites for hydroxylation is 1. The van der Waals surface area contributed by atoms with Crippen molar-refractivity contribution in [3.63, 3.8) is 0 Å². The van der Waals surface area contributed by atoms with Crippen LogP contribution in [0, 0.1) is 18.3 Å². The highest BCUT2D eigenvalue weighted by atomic mass is 32.2. The monoisotopic (exact) mass is 264 g/mol. The van der Waals surface area contributed by atoms with Gasteiger partial charge in [-0.15, -0.1) is 0 Å². The van der Waals surface area contributed by atoms with Gasteiger partial charge in [-0.1, -0.05) is 31.5 Å². The summed E-state index contributed by atoms with van der Waals surface area (Å²) >= 11 is 0. The van der Waals surface area contributed by atoms with Crippen molar-refractivity contribution in [1.29, 1.82) is 0 Å². The molecule has 1 aliphatic heterocycles. The Bertz CT molecular complexity index is 551. The molecule has 2 fully saturated rings. The van der Waals surface area contributed by atoms with Crippen LogP contribution in [0.4, 0.5) is 0 Å². The predicted octanol–water partition coefficient (Wildman–Crippen LogP) is 2.05. The van der Waals surface area contributed by atoms with Gasteiger partial charge in [0.05, 0.1) is 17.4 Å². The Balaban J connectivity index is 2.03. The lowest BCUT2D eigenvalue weighted by Crippen LogP contribution is -2.30. The molecule has 96 valence electrons. The van der Waals surface area contributed by atoms with Crippen molar-refractivity contribution in [2.24, 2.45) is 11.3 Å². The summed E-state index contributed by atoms with van der Waals surface area (Å²) in [6.07, 6.45) is 0. The molecule has 1 saturated carbocycles. The molecular weight excluding hydrogens is 248 g/mol. The van der Waals surface area contributed by atoms with Gasteiger partial charge < -0.3 is 4.74 Å². The van der Waals surface area contributed by atoms with Gasteiger partial charge in [-0.2, -0.15) is 0 Å². The molecule has 3 nitrogen and oxygen atoms in total. The molecule has 0 spiro atoms. The lowest BCUT2D eigenvalue weighted by atomic mass is 10.1. The van der Waals surface area contributed by atoms with Gasteiger partial charge in [-0.05, 0) is 25.0 Å². The molecule has 3 rings (SSSR count). The number of fused-ring (bicyclic) bond motifs is 1. The number of carbonyl (C=O) groups is 1. The number of cyclic esters (lactones) is 1. The number of hydrogen-bond acceptors (Lipinski definition) is 3. The van der Waals surface area contributed by atoms with Crippen LogP contribution < -0.4 is 0 Å². The van der Waals surface area contributed by atoms with Crippen molar-refractivity contribution in [2.45, 2.75) is 30.4 Å². The van der Waals surface area contributed by atoms with Crippen LogP contribution in [0.1, 0.15) is 19.4 Å². The normalized spacial score (nSPS) is 39.1. The molecule has 4 heteroatoms. The van der Waals surface area contributed by atoms with E-state index in [1.165, 1.54) is 0 Å². The standard InChI is InChI=1S/C14H16O3S/c1-9-4-6-11(7-5-9)18(16)14-10(2)13(14,3)8-17-12(14)15/h4-7,10H,8H2,1-3H3/t10-,13+,14-,18-/m0/s1. The summed E-state index contributed by atoms with van der Waals surface area (Å²) in [6.45, 7) is 6.37. The maximum Gasteiger partial charge on any atom is 0.326 e. The number of hydrogen-bond donors (Lipinski definition) is 0. The van der Waals surface area contributed by atoms with E-state index in [4.69, 9.17) is 4.74 Å². The third-order valence-corrected chi connectivity index (χ3v) is 6.94. The van der Waals surface area contributed by atoms with E-state index >= 15 is 0 Å². The molecule has 1 aromatic carbocycles. The average Bonchev–Trinajstić information content (AvgIpc) is 2.69. The summed E-state index contributed by atoms with van der Waals surface area (Å²) in [6, 6.07) is 7.54. The molecule has 0 aromatic heterocycles. The zero-order chi connectivity index (χ0) is 13.1. The molecule has 0 bridgehead atoms. The van der Waals surface area contributed by atoms with Crippen molar-refractivity contribution in [1.82, 2.24) is 0 Å². The number of esters is 1. The summed E-state index contributed by atoms with van der Waals surface area (Å²) in [5.74, 6) is -0.176. The van der Waals surface area contributed by atoms with Crippen LogP contribution in [-0.2, 0) is 20.3 Å². The molecule has 0 unspecified atom stereocenters. The Morgan fingerprint density at radius 1 is 1.33 bits per heavy atom. The molecule has 0 N–H and O–H groups in total. The first-order valence-corrected chi connectivity index (χ1v) is 7.25. The van der Waals surface area contributed by atoms with Gasteiger partial charge in [0.25, 0.3) is 0 Å². The zero-order valence-corrected chi connectivity index (χ0v) is 11.5. The molecule has 0 radical (unpaired) electrons. The first-order chi connectivity index (χ1) is 8.44. The SMILES string of the molecule is Cc1ccc([S@](=O)[C@@]23C(=O)OC[C@]2(C)[C@@H]3C)cc1. The molecular formula is C14H16O3S. The van der Waals surface area contributed by atoms with E-state index in [1.54, 1.807) is 0 Å². The smallest absolute Gasteiger partial charge is 0.326 e. The van der Waals surface area contributed by atoms with Crippen LogP contribution in [-0.4, -0.2) is 21.5 Å². The largest absolute Gasteiger partial charge is 0.464 e. The quantitative estimate of drug-likeness (QED) is 0.768. The van der Waals surface area contributed by atoms with Gasteiger partial charge in [-0.25, -0.2) is 0 Å². The summed E-state index contributed by atoms with van der Waals surface area (Å²) in [4.78, 5) is 12.7. The van der Waals surface area contributed by atoms with E-state index < -0.39 is 15.5 Å². The van der Waals surface area contributed by atoms with Gasteiger partial charge in [0.2, 0.25) is 0 Å². The third kappa shape index (κ3) is 1.14. The Kier molecular flexibility index (Phi) is 2.28. The minimum Gasteiger partial charge on any atom is -0.464 e. The number of ether oxygens (including phenoxy) is 1. The van der Waals surface area contributed by atoms with Crippen LogP contribution in [0.5, 0.6) is 0 Å². The highest BCUT2D eigenvalue weighted by molar-refractivity contribution is 7.87. The maximum atomic E-state index is 12.8. The molecule has 1 saturated heterocycles. The van der Waals surface area contributed by atoms with Crippen LogP contribution in [0.3, 0.4) is 0 Å². The number of carbonyl (C=O) groups excluding carboxylic acids is 1. The van der Waals surface area contributed by atoms with E-state index in [1.807, 2.05) is 45.0 Å². The van der Waals surface area contributed by atoms with E-state index in [0.717, 1.165) is 10.5 Å². The molecule has 2 aliphatic rings. The van der Waals surface area contributed by atoms with E-state index in [9.17, 15) is 9.00 Å². The predicted molar refractivity (Wildman–Crippen MR) is 68.5 cm³/mol. The fourth-order valence-electron chi connectivity index (χ4n) is 3.13. The zero-order valence-electron chi connectivity index (χ0n) is 10.7. The van der Waals surface area contributed by atoms with E-state index in [-0.39, 0.29) is 17.3 Å². The van der Waals surface area contributed by atoms with Crippen LogP contribution in [0.2, 0.25) is 0 Å². The highest BCUT2D eigenvalue weighted by Gasteiger charge is 2.84. The van der Waals surface area contributed by atoms with Gasteiger partial charge in [0, 0.05) is 10.3 Å². The van der Waals surface area contributed by atoms with Crippen molar-refractivity contribution >= 4 is 16.8 Å². The topological polar surface area (TPSA) is 43.4 Å². The lowest BCUT2D eigenvalue weighted by molar-refractivity contribution is -0.140. The van der Waals surface area contributed by atoms with Crippen molar-refractivity contribution in [3.05, 3.63) is 29.8 Å². The first-order valence-electron chi connectivity index (χ1n) is 6.10. The van der Waals surface area contributed by atoms with Crippen LogP contribution in [0.15, 0.2) is 29.2 Å². The number of rotatable bonds is 2. The average molecular weight is 264 g/mol. The second-order valence-electron chi connectivity index (χ2n) is 5.53. The second-order valence-corrected chi connectivity index (χ2v) is 7.19. The Morgan fingerprint density at radius 3 is 2.44 bits per heavy atom. The Morgan fingerprint density at radius 2 is 1.94 bits per heavy atom. The van der Waals surface area contributed by atoms with E-state index in [0.29, 0.717) is 6.61 Å². The summed E-state index contributed by atoms with van der Waals surface area (Å²) in [7, 11) is -1.33. The molecule has 1 aliphatic carbocycles. The minimum atomic E-state index is -1.33. The summed E-state index contributed by atoms with van der Waals surface area (Å²) < 4.78 is 17.1. The van der Waals surface area contributed by atoms with Gasteiger partial charge >= 0.3 is 5.97 Å². The van der Waals surface area contributed by atoms with Crippen molar-refractivity contribution in [2.75, 3.05) is 6.61 Å². The van der Waals surface area contributed by atoms with Crippen molar-refractivity contribution < 1.29 is 13.7 Å². The molecule has 0 amide bonds. The third-order valence-electron chi connectivity index (χ3n) is 4.66. The Labute approximate surface area is 109 Å². The van der Waals surface area contributed by atoms with Gasteiger partial charge in [0.15, 0.2) is 4.75 Å². The van der Waals surface area contributed by atoms with Gasteiger partial charge in [0.1, 0.15) is 0 Å². The lowest BCUT2D eigenvalue weighted by Gasteiger charge is -2.11. The summed E-state index contributed by atoms with van der Waals surface area (Å²) in [5, 5.41) is 0. The maximum absolute atomic E-state index is 12.8. The molecule has 4 atom stereocenters. The second kappa shape index (κ2) is 3.44. The van der Waals surface area contributed by atoms with Crippen LogP contribution >= 0.6 is 0 Å². The molecule has 1 aromatic rings. The van der Waals surface area contributed by atoms with E-state index in [2.05, 4.69) is 0 Å². The van der Waals surface area contributed by atoms with Crippen molar-refractivity contribution in [3.8, 4) is 0 Å². The molecule has 1 heterocycles. The number of benzene rings is 1. The van der Waals surface area contributed by atoms with Crippen LogP contribution in [0.25, 0.3) is 0 Å². The fourth-order valence-corrected chi connectivity index (χ4v) is 5.28. The highest BCUT2D eigenvalue weighted by Crippen LogP contribution is 2.69. The summed E-state index contributed by atoms with van der Waals surface area (Å²) in [5.41, 5.74) is 0.855. The molecule has 18 heavy (non-hydrogen) atoms. The fraction of sp³-hybridized carbons (Fsp3) is 0.500. The Hall–Kier alpha value is -1.16. The first kappa shape index (κ1) is 11.9. The van der Waals surface area contributed by atoms with Gasteiger partial charge in [-0.3, -0.25) is 9.00 Å².